The number of carbonyl (C=O) groups excluding carboxylic acids is 1. The van der Waals surface area contributed by atoms with Gasteiger partial charge in [0.1, 0.15) is 0 Å². The molecule has 1 fully saturated rings. The van der Waals surface area contributed by atoms with E-state index < -0.39 is 5.92 Å². The molecule has 5 heterocycles. The van der Waals surface area contributed by atoms with Crippen LogP contribution in [0, 0.1) is 38.5 Å². The van der Waals surface area contributed by atoms with E-state index in [2.05, 4.69) is 47.3 Å². The minimum atomic E-state index is -0.642. The largest absolute Gasteiger partial charge is 2.00 e. The summed E-state index contributed by atoms with van der Waals surface area (Å²) in [5.74, 6) is -0.528. The van der Waals surface area contributed by atoms with Crippen LogP contribution in [0.25, 0.3) is 35.2 Å². The van der Waals surface area contributed by atoms with Crippen molar-refractivity contribution in [2.24, 2.45) is 17.8 Å². The van der Waals surface area contributed by atoms with Crippen LogP contribution in [-0.2, 0) is 6.42 Å². The Morgan fingerprint density at radius 1 is 0.923 bits per heavy atom. The number of aliphatic hydroxyl groups excluding tert-OH is 1. The Labute approximate surface area is 245 Å². The summed E-state index contributed by atoms with van der Waals surface area (Å²) in [6.45, 7) is 16.3. The number of aliphatic hydroxyl groups is 1. The fourth-order valence-corrected chi connectivity index (χ4v) is 6.30. The van der Waals surface area contributed by atoms with Crippen molar-refractivity contribution in [1.29, 1.82) is 0 Å². The monoisotopic (exact) mass is 528 g/mol. The van der Waals surface area contributed by atoms with E-state index in [4.69, 9.17) is 20.3 Å². The number of hydrogen-bond donors (Lipinski definition) is 1. The topological polar surface area (TPSA) is 93.7 Å². The van der Waals surface area contributed by atoms with E-state index >= 15 is 0 Å². The maximum Gasteiger partial charge on any atom is 2.00 e. The summed E-state index contributed by atoms with van der Waals surface area (Å²) in [5.41, 5.74) is 11.4. The summed E-state index contributed by atoms with van der Waals surface area (Å²) in [4.78, 5) is 28.6. The molecule has 7 heteroatoms. The van der Waals surface area contributed by atoms with Crippen LogP contribution in [0.2, 0.25) is 0 Å². The fraction of sp³-hybridized carbons (Fsp3) is 0.344. The third-order valence-electron chi connectivity index (χ3n) is 8.83. The van der Waals surface area contributed by atoms with Crippen LogP contribution in [0.4, 0.5) is 0 Å². The second-order valence-corrected chi connectivity index (χ2v) is 10.8. The van der Waals surface area contributed by atoms with Gasteiger partial charge in [0.2, 0.25) is 0 Å². The van der Waals surface area contributed by atoms with Crippen LogP contribution >= 0.6 is 0 Å². The van der Waals surface area contributed by atoms with Crippen molar-refractivity contribution in [3.8, 4) is 0 Å². The standard InChI is InChI=1S/C32H33N4O2.Mg/c1-8-19-16(5)23-10-22-14(3)15(4)30(35-22)29-21(13-37)32(38)28-18(7)25(36-31(28)29)12-27-20(9-2)17(6)24(34-27)11-26(19)33-23;/h8,10-12,14-15,21,37H,1,9,13H2,2-7H3,(H-,35,36,38);/q-3;+2/p-1/b22-10-,24-11-,27-12-;/t14-,15-,21+;/m0./s1. The maximum atomic E-state index is 13.6. The van der Waals surface area contributed by atoms with Crippen molar-refractivity contribution in [3.63, 3.8) is 0 Å². The summed E-state index contributed by atoms with van der Waals surface area (Å²) in [6.07, 6.45) is 8.79. The number of carbonyl (C=O) groups is 1. The SMILES string of the molecule is C=Cc1c2[n-]c(c1C)/C=C1\[N-]/C(=C3\c4[n-]c(c(C)c4C(=O)[C@@H]3CO)/C=c3\[n-]/c(c(C)c3CC)=C\2)[C@@H](C)[C@@H]1C.[Mg+2]. The van der Waals surface area contributed by atoms with Crippen LogP contribution in [0.15, 0.2) is 18.0 Å². The van der Waals surface area contributed by atoms with Gasteiger partial charge in [-0.3, -0.25) is 4.79 Å². The fourth-order valence-electron chi connectivity index (χ4n) is 6.30. The number of allylic oxidation sites excluding steroid dienone is 2. The Kier molecular flexibility index (Phi) is 6.98. The zero-order valence-corrected chi connectivity index (χ0v) is 24.9. The summed E-state index contributed by atoms with van der Waals surface area (Å²) < 4.78 is 0. The van der Waals surface area contributed by atoms with E-state index in [0.29, 0.717) is 11.3 Å². The molecule has 196 valence electrons. The zero-order valence-electron chi connectivity index (χ0n) is 23.5. The second-order valence-electron chi connectivity index (χ2n) is 10.8. The molecule has 6 nitrogen and oxygen atoms in total. The van der Waals surface area contributed by atoms with E-state index in [0.717, 1.165) is 79.0 Å². The van der Waals surface area contributed by atoms with Gasteiger partial charge < -0.3 is 25.4 Å². The Morgan fingerprint density at radius 3 is 2.28 bits per heavy atom. The predicted octanol–water partition coefficient (Wildman–Crippen LogP) is 3.50. The second kappa shape index (κ2) is 9.88. The summed E-state index contributed by atoms with van der Waals surface area (Å²) >= 11 is 0. The molecule has 0 saturated carbocycles. The molecule has 3 aliphatic rings. The van der Waals surface area contributed by atoms with E-state index in [1.807, 2.05) is 25.2 Å². The molecular weight excluding hydrogens is 497 g/mol. The average molecular weight is 529 g/mol. The van der Waals surface area contributed by atoms with Crippen molar-refractivity contribution in [3.05, 3.63) is 90.1 Å². The Morgan fingerprint density at radius 2 is 1.62 bits per heavy atom. The number of hydrogen-bond acceptors (Lipinski definition) is 2. The number of nitrogens with zero attached hydrogens (tertiary/aromatic N) is 4. The van der Waals surface area contributed by atoms with Gasteiger partial charge in [-0.05, 0) is 44.6 Å². The molecule has 0 aromatic carbocycles. The molecule has 0 spiro atoms. The van der Waals surface area contributed by atoms with Gasteiger partial charge in [-0.2, -0.15) is 11.4 Å². The summed E-state index contributed by atoms with van der Waals surface area (Å²) in [7, 11) is 0. The first-order chi connectivity index (χ1) is 18.2. The maximum absolute atomic E-state index is 13.6. The summed E-state index contributed by atoms with van der Waals surface area (Å²) in [6, 6.07) is 0. The molecule has 1 aliphatic carbocycles. The minimum Gasteiger partial charge on any atom is -0.664 e. The number of ketones is 1. The van der Waals surface area contributed by atoms with Gasteiger partial charge in [0.25, 0.3) is 0 Å². The third-order valence-corrected chi connectivity index (χ3v) is 8.83. The van der Waals surface area contributed by atoms with Gasteiger partial charge in [-0.1, -0.05) is 79.5 Å². The Balaban J connectivity index is 0.00000308. The molecule has 0 radical (unpaired) electrons. The average Bonchev–Trinajstić information content (AvgIpc) is 3.62. The van der Waals surface area contributed by atoms with Crippen LogP contribution < -0.4 is 25.7 Å². The molecule has 8 bridgehead atoms. The van der Waals surface area contributed by atoms with Gasteiger partial charge >= 0.3 is 23.1 Å². The number of Topliss-reactive ketones (excluding diaryl/α,β-unsaturated/α-hetero) is 1. The molecule has 0 amide bonds. The number of rotatable bonds is 3. The van der Waals surface area contributed by atoms with Crippen LogP contribution in [-0.4, -0.2) is 40.5 Å². The van der Waals surface area contributed by atoms with Crippen molar-refractivity contribution in [1.82, 2.24) is 15.0 Å². The first kappa shape index (κ1) is 27.6. The number of fused-ring (bicyclic) bond motifs is 7. The minimum absolute atomic E-state index is 0. The van der Waals surface area contributed by atoms with Crippen LogP contribution in [0.1, 0.15) is 81.7 Å². The van der Waals surface area contributed by atoms with Gasteiger partial charge in [0, 0.05) is 5.56 Å². The van der Waals surface area contributed by atoms with Crippen LogP contribution in [0.3, 0.4) is 0 Å². The molecule has 1 N–H and O–H groups in total. The predicted molar refractivity (Wildman–Crippen MR) is 157 cm³/mol. The van der Waals surface area contributed by atoms with Gasteiger partial charge in [-0.25, -0.2) is 0 Å². The molecule has 3 aromatic rings. The van der Waals surface area contributed by atoms with Gasteiger partial charge in [0.15, 0.2) is 5.78 Å². The molecular formula is C32H32MgN4O2-2. The molecule has 39 heavy (non-hydrogen) atoms. The summed E-state index contributed by atoms with van der Waals surface area (Å²) in [5, 5.41) is 17.1. The van der Waals surface area contributed by atoms with Crippen LogP contribution in [0.5, 0.6) is 0 Å². The first-order valence-electron chi connectivity index (χ1n) is 13.3. The van der Waals surface area contributed by atoms with Gasteiger partial charge in [-0.15, -0.1) is 33.5 Å². The van der Waals surface area contributed by atoms with E-state index in [9.17, 15) is 9.90 Å². The molecule has 6 rings (SSSR count). The quantitative estimate of drug-likeness (QED) is 0.525. The normalized spacial score (nSPS) is 26.2. The van der Waals surface area contributed by atoms with Crippen molar-refractivity contribution in [2.75, 3.05) is 6.61 Å². The molecule has 3 atom stereocenters. The van der Waals surface area contributed by atoms with E-state index in [1.165, 1.54) is 0 Å². The molecule has 2 aliphatic heterocycles. The number of aromatic nitrogens is 3. The van der Waals surface area contributed by atoms with Crippen molar-refractivity contribution in [2.45, 2.75) is 48.0 Å². The van der Waals surface area contributed by atoms with Gasteiger partial charge in [0.05, 0.1) is 12.5 Å². The van der Waals surface area contributed by atoms with E-state index in [-0.39, 0.29) is 47.3 Å². The van der Waals surface area contributed by atoms with Crippen molar-refractivity contribution >= 4 is 58.7 Å². The zero-order chi connectivity index (χ0) is 27.0. The molecule has 3 aromatic heterocycles. The smallest absolute Gasteiger partial charge is 0.664 e. The van der Waals surface area contributed by atoms with Crippen molar-refractivity contribution < 1.29 is 9.90 Å². The Bertz CT molecular complexity index is 1730. The van der Waals surface area contributed by atoms with E-state index in [1.54, 1.807) is 0 Å². The molecule has 0 unspecified atom stereocenters. The molecule has 1 saturated heterocycles. The first-order valence-corrected chi connectivity index (χ1v) is 13.3. The third kappa shape index (κ3) is 3.89. The Hall–Kier alpha value is -3.00.